The number of aliphatic hydroxyl groups excluding tert-OH is 1. The summed E-state index contributed by atoms with van der Waals surface area (Å²) in [5.41, 5.74) is 2.62. The van der Waals surface area contributed by atoms with Crippen molar-refractivity contribution in [3.63, 3.8) is 0 Å². The van der Waals surface area contributed by atoms with Crippen molar-refractivity contribution in [3.8, 4) is 17.1 Å². The van der Waals surface area contributed by atoms with Crippen molar-refractivity contribution in [1.82, 2.24) is 20.0 Å². The van der Waals surface area contributed by atoms with Gasteiger partial charge in [0, 0.05) is 25.5 Å². The summed E-state index contributed by atoms with van der Waals surface area (Å²) in [6, 6.07) is 7.74. The fourth-order valence-electron chi connectivity index (χ4n) is 4.23. The van der Waals surface area contributed by atoms with E-state index in [2.05, 4.69) is 34.0 Å². The Morgan fingerprint density at radius 1 is 1.18 bits per heavy atom. The largest absolute Gasteiger partial charge is 0.488 e. The predicted octanol–water partition coefficient (Wildman–Crippen LogP) is 3.88. The minimum Gasteiger partial charge on any atom is -0.488 e. The van der Waals surface area contributed by atoms with E-state index in [1.807, 2.05) is 38.1 Å². The monoisotopic (exact) mass is 453 g/mol. The van der Waals surface area contributed by atoms with Crippen LogP contribution in [0.1, 0.15) is 53.4 Å². The molecule has 178 valence electrons. The molecule has 2 aromatic heterocycles. The van der Waals surface area contributed by atoms with E-state index >= 15 is 0 Å². The van der Waals surface area contributed by atoms with E-state index in [-0.39, 0.29) is 23.2 Å². The van der Waals surface area contributed by atoms with E-state index in [1.54, 1.807) is 7.05 Å². The van der Waals surface area contributed by atoms with Gasteiger partial charge in [-0.1, -0.05) is 20.8 Å². The summed E-state index contributed by atoms with van der Waals surface area (Å²) in [7, 11) is 1.67. The molecule has 3 heterocycles. The van der Waals surface area contributed by atoms with Crippen molar-refractivity contribution in [3.05, 3.63) is 34.6 Å². The number of aromatic amines is 1. The number of nitrogens with one attached hydrogen (secondary N) is 1. The van der Waals surface area contributed by atoms with Gasteiger partial charge >= 0.3 is 0 Å². The number of aryl methyl sites for hydroxylation is 1. The second-order valence-corrected chi connectivity index (χ2v) is 9.28. The van der Waals surface area contributed by atoms with Crippen LogP contribution in [0.25, 0.3) is 22.3 Å². The average molecular weight is 454 g/mol. The zero-order valence-corrected chi connectivity index (χ0v) is 20.3. The molecule has 1 aliphatic heterocycles. The Balaban J connectivity index is 0.00000126. The molecule has 1 aliphatic carbocycles. The molecule has 2 fully saturated rings. The summed E-state index contributed by atoms with van der Waals surface area (Å²) < 4.78 is 7.50. The van der Waals surface area contributed by atoms with Gasteiger partial charge in [0.05, 0.1) is 11.6 Å². The molecule has 8 nitrogen and oxygen atoms in total. The van der Waals surface area contributed by atoms with Crippen LogP contribution in [0, 0.1) is 5.92 Å². The van der Waals surface area contributed by atoms with Crippen LogP contribution in [0.2, 0.25) is 0 Å². The van der Waals surface area contributed by atoms with Crippen molar-refractivity contribution < 1.29 is 9.84 Å². The summed E-state index contributed by atoms with van der Waals surface area (Å²) >= 11 is 0. The highest BCUT2D eigenvalue weighted by Crippen LogP contribution is 2.40. The number of ether oxygens (including phenoxy) is 1. The Kier molecular flexibility index (Phi) is 6.47. The van der Waals surface area contributed by atoms with Gasteiger partial charge in [-0.2, -0.15) is 10.2 Å². The maximum absolute atomic E-state index is 12.9. The zero-order valence-electron chi connectivity index (χ0n) is 20.3. The number of aliphatic hydroxyl groups is 1. The first kappa shape index (κ1) is 23.3. The highest BCUT2D eigenvalue weighted by atomic mass is 16.5. The lowest BCUT2D eigenvalue weighted by Gasteiger charge is -2.22. The van der Waals surface area contributed by atoms with Crippen LogP contribution in [0.5, 0.6) is 5.75 Å². The Morgan fingerprint density at radius 3 is 2.64 bits per heavy atom. The van der Waals surface area contributed by atoms with Crippen molar-refractivity contribution in [2.24, 2.45) is 13.0 Å². The third-order valence-corrected chi connectivity index (χ3v) is 6.69. The number of benzene rings is 1. The minimum absolute atomic E-state index is 0.0614. The first-order valence-electron chi connectivity index (χ1n) is 12.0. The van der Waals surface area contributed by atoms with Crippen molar-refractivity contribution >= 4 is 16.6 Å². The van der Waals surface area contributed by atoms with Gasteiger partial charge in [-0.3, -0.25) is 9.89 Å². The Hall–Kier alpha value is -2.87. The van der Waals surface area contributed by atoms with Crippen LogP contribution in [0.15, 0.2) is 29.1 Å². The number of aromatic nitrogens is 4. The molecular weight excluding hydrogens is 418 g/mol. The highest BCUT2D eigenvalue weighted by molar-refractivity contribution is 5.93. The minimum atomic E-state index is -0.336. The maximum atomic E-state index is 12.9. The number of H-pyrrole nitrogens is 1. The number of nitrogens with zero attached hydrogens (tertiary/aromatic N) is 4. The first-order chi connectivity index (χ1) is 15.8. The zero-order chi connectivity index (χ0) is 23.8. The molecule has 0 spiro atoms. The molecule has 2 N–H and O–H groups in total. The van der Waals surface area contributed by atoms with Gasteiger partial charge in [0.2, 0.25) is 0 Å². The Bertz CT molecular complexity index is 1170. The summed E-state index contributed by atoms with van der Waals surface area (Å²) in [5, 5.41) is 23.2. The molecule has 0 amide bonds. The van der Waals surface area contributed by atoms with Gasteiger partial charge in [-0.15, -0.1) is 0 Å². The van der Waals surface area contributed by atoms with Gasteiger partial charge < -0.3 is 14.7 Å². The number of hydrogen-bond donors (Lipinski definition) is 2. The molecule has 0 radical (unpaired) electrons. The molecular formula is C25H35N5O3. The van der Waals surface area contributed by atoms with Gasteiger partial charge in [0.15, 0.2) is 0 Å². The van der Waals surface area contributed by atoms with E-state index < -0.39 is 0 Å². The Morgan fingerprint density at radius 2 is 1.91 bits per heavy atom. The molecule has 2 aliphatic rings. The summed E-state index contributed by atoms with van der Waals surface area (Å²) in [4.78, 5) is 15.0. The maximum Gasteiger partial charge on any atom is 0.290 e. The van der Waals surface area contributed by atoms with E-state index in [0.717, 1.165) is 42.5 Å². The van der Waals surface area contributed by atoms with Crippen molar-refractivity contribution in [1.29, 1.82) is 0 Å². The van der Waals surface area contributed by atoms with Crippen LogP contribution in [-0.4, -0.2) is 49.9 Å². The SMILES string of the molecule is CC.C[C@H]1CCN(c2cc(-c3n[nH]c4ccc(OC5(C)CC5)cc34)nn(C)c2=O)CC[C@@H]1O. The quantitative estimate of drug-likeness (QED) is 0.622. The summed E-state index contributed by atoms with van der Waals surface area (Å²) in [5.74, 6) is 1.04. The molecule has 33 heavy (non-hydrogen) atoms. The lowest BCUT2D eigenvalue weighted by molar-refractivity contribution is 0.114. The third kappa shape index (κ3) is 4.76. The van der Waals surface area contributed by atoms with Crippen molar-refractivity contribution in [2.45, 2.75) is 65.1 Å². The highest BCUT2D eigenvalue weighted by Gasteiger charge is 2.40. The molecule has 5 rings (SSSR count). The fraction of sp³-hybridized carbons (Fsp3) is 0.560. The smallest absolute Gasteiger partial charge is 0.290 e. The van der Waals surface area contributed by atoms with Crippen molar-refractivity contribution in [2.75, 3.05) is 18.0 Å². The number of hydrogen-bond acceptors (Lipinski definition) is 6. The van der Waals surface area contributed by atoms with E-state index in [9.17, 15) is 9.90 Å². The van der Waals surface area contributed by atoms with E-state index in [4.69, 9.17) is 4.74 Å². The van der Waals surface area contributed by atoms with Crippen LogP contribution in [-0.2, 0) is 7.05 Å². The number of fused-ring (bicyclic) bond motifs is 1. The molecule has 0 unspecified atom stereocenters. The summed E-state index contributed by atoms with van der Waals surface area (Å²) in [6.07, 6.45) is 3.28. The van der Waals surface area contributed by atoms with E-state index in [0.29, 0.717) is 30.0 Å². The fourth-order valence-corrected chi connectivity index (χ4v) is 4.23. The second-order valence-electron chi connectivity index (χ2n) is 9.28. The lowest BCUT2D eigenvalue weighted by atomic mass is 10.0. The van der Waals surface area contributed by atoms with Gasteiger partial charge in [-0.25, -0.2) is 4.68 Å². The van der Waals surface area contributed by atoms with Crippen LogP contribution in [0.4, 0.5) is 5.69 Å². The predicted molar refractivity (Wildman–Crippen MR) is 131 cm³/mol. The molecule has 1 saturated carbocycles. The van der Waals surface area contributed by atoms with Gasteiger partial charge in [-0.05, 0) is 62.8 Å². The normalized spacial score (nSPS) is 21.8. The van der Waals surface area contributed by atoms with E-state index in [1.165, 1.54) is 4.68 Å². The van der Waals surface area contributed by atoms with Gasteiger partial charge in [0.1, 0.15) is 28.4 Å². The average Bonchev–Trinajstić information content (AvgIpc) is 3.43. The van der Waals surface area contributed by atoms with Crippen LogP contribution >= 0.6 is 0 Å². The lowest BCUT2D eigenvalue weighted by Crippen LogP contribution is -2.33. The molecule has 2 atom stereocenters. The summed E-state index contributed by atoms with van der Waals surface area (Å²) in [6.45, 7) is 9.55. The second kappa shape index (κ2) is 9.17. The number of anilines is 1. The third-order valence-electron chi connectivity index (χ3n) is 6.69. The van der Waals surface area contributed by atoms with Crippen LogP contribution < -0.4 is 15.2 Å². The number of rotatable bonds is 4. The topological polar surface area (TPSA) is 96.3 Å². The molecule has 8 heteroatoms. The molecule has 1 aromatic carbocycles. The standard InChI is InChI=1S/C23H29N5O3.C2H6/c1-14-6-10-28(11-7-20(14)29)19-13-18(26-27(3)22(19)30)21-16-12-15(31-23(2)8-9-23)4-5-17(16)24-25-21;1-2/h4-5,12-14,20,29H,6-11H2,1-3H3,(H,24,25);1-2H3/t14-,20-;/m0./s1. The van der Waals surface area contributed by atoms with Crippen LogP contribution in [0.3, 0.4) is 0 Å². The Labute approximate surface area is 194 Å². The van der Waals surface area contributed by atoms with Gasteiger partial charge in [0.25, 0.3) is 5.56 Å². The molecule has 3 aromatic rings. The molecule has 0 bridgehead atoms. The first-order valence-corrected chi connectivity index (χ1v) is 12.0. The molecule has 1 saturated heterocycles.